The van der Waals surface area contributed by atoms with Gasteiger partial charge < -0.3 is 5.32 Å². The van der Waals surface area contributed by atoms with Gasteiger partial charge in [-0.3, -0.25) is 9.52 Å². The van der Waals surface area contributed by atoms with Crippen molar-refractivity contribution in [3.8, 4) is 0 Å². The zero-order valence-electron chi connectivity index (χ0n) is 12.6. The van der Waals surface area contributed by atoms with Crippen LogP contribution in [0.25, 0.3) is 0 Å². The number of rotatable bonds is 5. The van der Waals surface area contributed by atoms with Crippen molar-refractivity contribution in [3.63, 3.8) is 0 Å². The minimum Gasteiger partial charge on any atom is -0.322 e. The van der Waals surface area contributed by atoms with Gasteiger partial charge in [-0.05, 0) is 42.5 Å². The summed E-state index contributed by atoms with van der Waals surface area (Å²) in [5.74, 6) is -0.273. The van der Waals surface area contributed by atoms with Gasteiger partial charge in [0.1, 0.15) is 0 Å². The molecule has 0 fully saturated rings. The summed E-state index contributed by atoms with van der Waals surface area (Å²) >= 11 is 3.34. The molecule has 0 unspecified atom stereocenters. The van der Waals surface area contributed by atoms with Crippen LogP contribution in [0.15, 0.2) is 53.0 Å². The van der Waals surface area contributed by atoms with E-state index in [1.54, 1.807) is 24.3 Å². The van der Waals surface area contributed by atoms with Crippen LogP contribution in [-0.2, 0) is 10.2 Å². The smallest absolute Gasteiger partial charge is 0.301 e. The average Bonchev–Trinajstić information content (AvgIpc) is 2.47. The molecule has 0 radical (unpaired) electrons. The van der Waals surface area contributed by atoms with E-state index in [9.17, 15) is 13.2 Å². The molecular weight excluding hydrogens is 382 g/mol. The Balaban J connectivity index is 2.09. The van der Waals surface area contributed by atoms with Crippen LogP contribution in [0.3, 0.4) is 0 Å². The highest BCUT2D eigenvalue weighted by molar-refractivity contribution is 9.10. The van der Waals surface area contributed by atoms with Crippen LogP contribution in [0.5, 0.6) is 0 Å². The second-order valence-corrected chi connectivity index (χ2v) is 7.73. The van der Waals surface area contributed by atoms with Crippen molar-refractivity contribution >= 4 is 43.4 Å². The Morgan fingerprint density at radius 2 is 1.70 bits per heavy atom. The predicted molar refractivity (Wildman–Crippen MR) is 94.8 cm³/mol. The monoisotopic (exact) mass is 397 g/mol. The van der Waals surface area contributed by atoms with Crippen molar-refractivity contribution in [2.45, 2.75) is 0 Å². The lowest BCUT2D eigenvalue weighted by Crippen LogP contribution is -2.28. The molecule has 122 valence electrons. The van der Waals surface area contributed by atoms with Crippen molar-refractivity contribution in [2.75, 3.05) is 24.1 Å². The van der Waals surface area contributed by atoms with Gasteiger partial charge in [0.15, 0.2) is 0 Å². The Kier molecular flexibility index (Phi) is 5.40. The first-order valence-corrected chi connectivity index (χ1v) is 8.88. The van der Waals surface area contributed by atoms with Crippen LogP contribution >= 0.6 is 15.9 Å². The van der Waals surface area contributed by atoms with E-state index in [-0.39, 0.29) is 5.91 Å². The average molecular weight is 398 g/mol. The largest absolute Gasteiger partial charge is 0.322 e. The second kappa shape index (κ2) is 7.12. The molecule has 0 saturated heterocycles. The van der Waals surface area contributed by atoms with Gasteiger partial charge in [-0.25, -0.2) is 0 Å². The maximum Gasteiger partial charge on any atom is 0.301 e. The highest BCUT2D eigenvalue weighted by atomic mass is 79.9. The topological polar surface area (TPSA) is 78.5 Å². The van der Waals surface area contributed by atoms with Crippen LogP contribution in [0.4, 0.5) is 11.4 Å². The Morgan fingerprint density at radius 1 is 1.04 bits per heavy atom. The molecule has 1 amide bonds. The SMILES string of the molecule is CN(C)S(=O)(=O)Nc1ccc(C(=O)Nc2cccc(Br)c2)cc1. The maximum absolute atomic E-state index is 12.2. The minimum absolute atomic E-state index is 0.273. The molecule has 2 rings (SSSR count). The van der Waals surface area contributed by atoms with E-state index in [0.717, 1.165) is 8.78 Å². The fraction of sp³-hybridized carbons (Fsp3) is 0.133. The third-order valence-electron chi connectivity index (χ3n) is 2.96. The standard InChI is InChI=1S/C15H16BrN3O3S/c1-19(2)23(21,22)18-13-8-6-11(7-9-13)15(20)17-14-5-3-4-12(16)10-14/h3-10,18H,1-2H3,(H,17,20). The zero-order valence-corrected chi connectivity index (χ0v) is 15.0. The lowest BCUT2D eigenvalue weighted by atomic mass is 10.2. The summed E-state index contributed by atoms with van der Waals surface area (Å²) in [7, 11) is -0.695. The quantitative estimate of drug-likeness (QED) is 0.813. The zero-order chi connectivity index (χ0) is 17.0. The number of carbonyl (C=O) groups is 1. The van der Waals surface area contributed by atoms with Crippen LogP contribution in [0.2, 0.25) is 0 Å². The van der Waals surface area contributed by atoms with E-state index in [0.29, 0.717) is 16.9 Å². The first-order valence-electron chi connectivity index (χ1n) is 6.65. The van der Waals surface area contributed by atoms with Gasteiger partial charge in [-0.15, -0.1) is 0 Å². The molecule has 8 heteroatoms. The number of hydrogen-bond donors (Lipinski definition) is 2. The van der Waals surface area contributed by atoms with Crippen molar-refractivity contribution in [3.05, 3.63) is 58.6 Å². The number of nitrogens with zero attached hydrogens (tertiary/aromatic N) is 1. The van der Waals surface area contributed by atoms with E-state index >= 15 is 0 Å². The lowest BCUT2D eigenvalue weighted by molar-refractivity contribution is 0.102. The summed E-state index contributed by atoms with van der Waals surface area (Å²) in [4.78, 5) is 12.2. The third kappa shape index (κ3) is 4.78. The molecule has 0 spiro atoms. The molecule has 0 aliphatic carbocycles. The van der Waals surface area contributed by atoms with E-state index in [2.05, 4.69) is 26.0 Å². The first-order chi connectivity index (χ1) is 10.8. The van der Waals surface area contributed by atoms with Crippen LogP contribution in [0.1, 0.15) is 10.4 Å². The molecule has 23 heavy (non-hydrogen) atoms. The van der Waals surface area contributed by atoms with Crippen LogP contribution < -0.4 is 10.0 Å². The number of amides is 1. The van der Waals surface area contributed by atoms with Gasteiger partial charge in [0, 0.05) is 35.5 Å². The number of anilines is 2. The summed E-state index contributed by atoms with van der Waals surface area (Å²) in [6.07, 6.45) is 0. The van der Waals surface area contributed by atoms with Gasteiger partial charge in [0.25, 0.3) is 5.91 Å². The summed E-state index contributed by atoms with van der Waals surface area (Å²) in [5.41, 5.74) is 1.48. The molecule has 0 heterocycles. The lowest BCUT2D eigenvalue weighted by Gasteiger charge is -2.13. The molecule has 2 aromatic carbocycles. The van der Waals surface area contributed by atoms with Gasteiger partial charge >= 0.3 is 10.2 Å². The van der Waals surface area contributed by atoms with Crippen molar-refractivity contribution in [1.82, 2.24) is 4.31 Å². The Bertz CT molecular complexity index is 805. The highest BCUT2D eigenvalue weighted by Gasteiger charge is 2.13. The Hall–Kier alpha value is -1.90. The van der Waals surface area contributed by atoms with Crippen LogP contribution in [-0.4, -0.2) is 32.7 Å². The summed E-state index contributed by atoms with van der Waals surface area (Å²) in [5, 5.41) is 2.77. The molecule has 0 atom stereocenters. The molecule has 2 aromatic rings. The van der Waals surface area contributed by atoms with Gasteiger partial charge in [0.2, 0.25) is 0 Å². The number of nitrogens with one attached hydrogen (secondary N) is 2. The van der Waals surface area contributed by atoms with E-state index in [1.807, 2.05) is 12.1 Å². The van der Waals surface area contributed by atoms with Crippen molar-refractivity contribution in [1.29, 1.82) is 0 Å². The van der Waals surface area contributed by atoms with E-state index in [4.69, 9.17) is 0 Å². The van der Waals surface area contributed by atoms with Gasteiger partial charge in [-0.2, -0.15) is 12.7 Å². The molecule has 0 aliphatic rings. The maximum atomic E-state index is 12.2. The molecule has 0 bridgehead atoms. The molecule has 2 N–H and O–H groups in total. The minimum atomic E-state index is -3.56. The first kappa shape index (κ1) is 17.5. The number of benzene rings is 2. The predicted octanol–water partition coefficient (Wildman–Crippen LogP) is 2.92. The fourth-order valence-corrected chi connectivity index (χ4v) is 2.72. The fourth-order valence-electron chi connectivity index (χ4n) is 1.70. The van der Waals surface area contributed by atoms with E-state index in [1.165, 1.54) is 26.2 Å². The number of carbonyl (C=O) groups excluding carboxylic acids is 1. The molecular formula is C15H16BrN3O3S. The molecule has 0 aromatic heterocycles. The van der Waals surface area contributed by atoms with Crippen molar-refractivity contribution in [2.24, 2.45) is 0 Å². The van der Waals surface area contributed by atoms with E-state index < -0.39 is 10.2 Å². The highest BCUT2D eigenvalue weighted by Crippen LogP contribution is 2.17. The number of hydrogen-bond acceptors (Lipinski definition) is 3. The summed E-state index contributed by atoms with van der Waals surface area (Å²) < 4.78 is 27.8. The summed E-state index contributed by atoms with van der Waals surface area (Å²) in [6.45, 7) is 0. The molecule has 0 saturated carbocycles. The third-order valence-corrected chi connectivity index (χ3v) is 4.91. The Labute approximate surface area is 143 Å². The second-order valence-electron chi connectivity index (χ2n) is 4.93. The molecule has 0 aliphatic heterocycles. The Morgan fingerprint density at radius 3 is 2.26 bits per heavy atom. The normalized spacial score (nSPS) is 11.3. The van der Waals surface area contributed by atoms with Gasteiger partial charge in [0.05, 0.1) is 0 Å². The van der Waals surface area contributed by atoms with Crippen molar-refractivity contribution < 1.29 is 13.2 Å². The number of halogens is 1. The van der Waals surface area contributed by atoms with Gasteiger partial charge in [-0.1, -0.05) is 22.0 Å². The summed E-state index contributed by atoms with van der Waals surface area (Å²) in [6, 6.07) is 13.4. The molecule has 6 nitrogen and oxygen atoms in total. The van der Waals surface area contributed by atoms with Crippen LogP contribution in [0, 0.1) is 0 Å².